The molecule has 3 atom stereocenters. The fourth-order valence-electron chi connectivity index (χ4n) is 3.84. The van der Waals surface area contributed by atoms with Crippen LogP contribution in [0.2, 0.25) is 5.28 Å². The topological polar surface area (TPSA) is 119 Å². The lowest BCUT2D eigenvalue weighted by atomic mass is 10.1. The molecule has 1 saturated carbocycles. The monoisotopic (exact) mass is 434 g/mol. The molecule has 0 spiro atoms. The molecule has 1 fully saturated rings. The molecule has 0 radical (unpaired) electrons. The summed E-state index contributed by atoms with van der Waals surface area (Å²) in [6.45, 7) is 2.17. The van der Waals surface area contributed by atoms with Gasteiger partial charge in [0.15, 0.2) is 0 Å². The van der Waals surface area contributed by atoms with E-state index in [1.807, 2.05) is 30.3 Å². The Balaban J connectivity index is 1.85. The van der Waals surface area contributed by atoms with Crippen molar-refractivity contribution in [2.24, 2.45) is 0 Å². The van der Waals surface area contributed by atoms with Crippen molar-refractivity contribution < 1.29 is 19.6 Å². The second-order valence-electron chi connectivity index (χ2n) is 7.16. The van der Waals surface area contributed by atoms with E-state index in [-0.39, 0.29) is 35.4 Å². The van der Waals surface area contributed by atoms with Crippen LogP contribution < -0.4 is 4.90 Å². The van der Waals surface area contributed by atoms with E-state index in [1.54, 1.807) is 6.92 Å². The summed E-state index contributed by atoms with van der Waals surface area (Å²) in [6, 6.07) is 8.50. The third kappa shape index (κ3) is 5.03. The molecule has 30 heavy (non-hydrogen) atoms. The Bertz CT molecular complexity index is 898. The second-order valence-corrected chi connectivity index (χ2v) is 7.50. The van der Waals surface area contributed by atoms with E-state index in [0.29, 0.717) is 19.4 Å². The predicted molar refractivity (Wildman–Crippen MR) is 111 cm³/mol. The summed E-state index contributed by atoms with van der Waals surface area (Å²) in [7, 11) is 0. The third-order valence-electron chi connectivity index (χ3n) is 5.25. The molecule has 0 bridgehead atoms. The fraction of sp³-hybridized carbons (Fsp3) is 0.450. The molecule has 2 aromatic rings. The molecule has 1 aromatic carbocycles. The van der Waals surface area contributed by atoms with Crippen molar-refractivity contribution in [1.29, 1.82) is 0 Å². The van der Waals surface area contributed by atoms with E-state index < -0.39 is 16.9 Å². The molecule has 0 aliphatic heterocycles. The molecule has 10 heteroatoms. The number of hydrogen-bond donors (Lipinski definition) is 1. The summed E-state index contributed by atoms with van der Waals surface area (Å²) in [5.41, 5.74) is 0.681. The van der Waals surface area contributed by atoms with Crippen LogP contribution >= 0.6 is 11.6 Å². The van der Waals surface area contributed by atoms with Gasteiger partial charge in [-0.3, -0.25) is 10.1 Å². The van der Waals surface area contributed by atoms with Gasteiger partial charge in [0, 0.05) is 6.04 Å². The maximum atomic E-state index is 11.9. The Morgan fingerprint density at radius 1 is 1.40 bits per heavy atom. The molecule has 1 aliphatic rings. The molecule has 1 aliphatic carbocycles. The van der Waals surface area contributed by atoms with Crippen LogP contribution in [0.3, 0.4) is 0 Å². The number of nitrogens with zero attached hydrogens (tertiary/aromatic N) is 4. The van der Waals surface area contributed by atoms with Gasteiger partial charge in [-0.05, 0) is 42.8 Å². The van der Waals surface area contributed by atoms with Gasteiger partial charge in [-0.2, -0.15) is 4.98 Å². The fourth-order valence-corrected chi connectivity index (χ4v) is 3.97. The number of ether oxygens (including phenoxy) is 1. The molecular weight excluding hydrogens is 412 g/mol. The second kappa shape index (κ2) is 9.82. The first-order valence-corrected chi connectivity index (χ1v) is 10.1. The van der Waals surface area contributed by atoms with Gasteiger partial charge < -0.3 is 14.7 Å². The Morgan fingerprint density at radius 3 is 2.77 bits per heavy atom. The van der Waals surface area contributed by atoms with Crippen LogP contribution in [0.25, 0.3) is 0 Å². The first kappa shape index (κ1) is 21.9. The lowest BCUT2D eigenvalue weighted by molar-refractivity contribution is -0.384. The van der Waals surface area contributed by atoms with Gasteiger partial charge in [0.2, 0.25) is 11.1 Å². The number of rotatable bonds is 9. The van der Waals surface area contributed by atoms with Crippen molar-refractivity contribution in [1.82, 2.24) is 9.97 Å². The highest BCUT2D eigenvalue weighted by atomic mass is 35.5. The zero-order valence-electron chi connectivity index (χ0n) is 16.5. The maximum Gasteiger partial charge on any atom is 0.329 e. The van der Waals surface area contributed by atoms with E-state index >= 15 is 0 Å². The molecule has 3 rings (SSSR count). The van der Waals surface area contributed by atoms with Gasteiger partial charge in [0.1, 0.15) is 12.2 Å². The smallest absolute Gasteiger partial charge is 0.329 e. The van der Waals surface area contributed by atoms with Gasteiger partial charge in [-0.15, -0.1) is 0 Å². The Kier molecular flexibility index (Phi) is 7.17. The number of carboxylic acids is 1. The van der Waals surface area contributed by atoms with Crippen molar-refractivity contribution in [2.75, 3.05) is 4.90 Å². The van der Waals surface area contributed by atoms with Crippen LogP contribution in [-0.2, 0) is 16.1 Å². The van der Waals surface area contributed by atoms with E-state index in [0.717, 1.165) is 18.2 Å². The average Bonchev–Trinajstić information content (AvgIpc) is 3.19. The number of aromatic nitrogens is 2. The van der Waals surface area contributed by atoms with E-state index in [9.17, 15) is 20.0 Å². The zero-order valence-corrected chi connectivity index (χ0v) is 17.2. The van der Waals surface area contributed by atoms with Crippen molar-refractivity contribution in [3.8, 4) is 0 Å². The summed E-state index contributed by atoms with van der Waals surface area (Å²) in [4.78, 5) is 32.1. The van der Waals surface area contributed by atoms with Gasteiger partial charge in [-0.1, -0.05) is 37.3 Å². The van der Waals surface area contributed by atoms with E-state index in [4.69, 9.17) is 16.3 Å². The van der Waals surface area contributed by atoms with Crippen molar-refractivity contribution in [2.45, 2.75) is 57.4 Å². The molecule has 1 N–H and O–H groups in total. The predicted octanol–water partition coefficient (Wildman–Crippen LogP) is 3.85. The van der Waals surface area contributed by atoms with Crippen molar-refractivity contribution in [3.05, 3.63) is 57.5 Å². The van der Waals surface area contributed by atoms with Crippen LogP contribution in [0.4, 0.5) is 11.5 Å². The first-order valence-electron chi connectivity index (χ1n) is 9.74. The summed E-state index contributed by atoms with van der Waals surface area (Å²) in [5.74, 6) is -1.14. The lowest BCUT2D eigenvalue weighted by Gasteiger charge is -2.34. The number of aliphatic carboxylic acids is 1. The van der Waals surface area contributed by atoms with Gasteiger partial charge in [-0.25, -0.2) is 9.78 Å². The lowest BCUT2D eigenvalue weighted by Crippen LogP contribution is -2.47. The Morgan fingerprint density at radius 2 is 2.13 bits per heavy atom. The number of carboxylic acid groups (broad SMARTS) is 1. The Labute approximate surface area is 178 Å². The molecule has 0 saturated heterocycles. The van der Waals surface area contributed by atoms with Crippen LogP contribution in [-0.4, -0.2) is 44.2 Å². The Hall–Kier alpha value is -2.78. The van der Waals surface area contributed by atoms with Gasteiger partial charge in [0.05, 0.1) is 17.6 Å². The standard InChI is InChI=1S/C20H23ClN4O5/c1-2-16(19(26)27)24(18-17(25(28)29)11-22-20(21)23-18)14-8-9-15(10-14)30-12-13-6-4-3-5-7-13/h3-7,11,14-16H,2,8-10,12H2,1H3,(H,26,27). The summed E-state index contributed by atoms with van der Waals surface area (Å²) >= 11 is 5.90. The molecular formula is C20H23ClN4O5. The summed E-state index contributed by atoms with van der Waals surface area (Å²) in [6.07, 6.45) is 3.07. The van der Waals surface area contributed by atoms with E-state index in [2.05, 4.69) is 9.97 Å². The minimum Gasteiger partial charge on any atom is -0.480 e. The zero-order chi connectivity index (χ0) is 21.7. The number of anilines is 1. The molecule has 1 aromatic heterocycles. The highest BCUT2D eigenvalue weighted by Gasteiger charge is 2.40. The number of hydrogen-bond acceptors (Lipinski definition) is 7. The van der Waals surface area contributed by atoms with Crippen LogP contribution in [0, 0.1) is 10.1 Å². The average molecular weight is 435 g/mol. The molecule has 0 amide bonds. The number of benzene rings is 1. The minimum atomic E-state index is -1.07. The number of carbonyl (C=O) groups is 1. The molecule has 160 valence electrons. The SMILES string of the molecule is CCC(C(=O)O)N(c1nc(Cl)ncc1[N+](=O)[O-])C1CCC(OCc2ccccc2)C1. The quantitative estimate of drug-likeness (QED) is 0.359. The highest BCUT2D eigenvalue weighted by Crippen LogP contribution is 2.36. The first-order chi connectivity index (χ1) is 14.4. The number of halogens is 1. The van der Waals surface area contributed by atoms with Crippen LogP contribution in [0.5, 0.6) is 0 Å². The van der Waals surface area contributed by atoms with Crippen molar-refractivity contribution >= 4 is 29.1 Å². The van der Waals surface area contributed by atoms with Gasteiger partial charge >= 0.3 is 11.7 Å². The summed E-state index contributed by atoms with van der Waals surface area (Å²) < 4.78 is 6.01. The van der Waals surface area contributed by atoms with Crippen LogP contribution in [0.15, 0.2) is 36.5 Å². The van der Waals surface area contributed by atoms with Crippen molar-refractivity contribution in [3.63, 3.8) is 0 Å². The highest BCUT2D eigenvalue weighted by molar-refractivity contribution is 6.28. The third-order valence-corrected chi connectivity index (χ3v) is 5.43. The summed E-state index contributed by atoms with van der Waals surface area (Å²) in [5, 5.41) is 21.1. The molecule has 3 unspecified atom stereocenters. The number of nitro groups is 1. The largest absolute Gasteiger partial charge is 0.480 e. The van der Waals surface area contributed by atoms with Crippen LogP contribution in [0.1, 0.15) is 38.2 Å². The maximum absolute atomic E-state index is 11.9. The van der Waals surface area contributed by atoms with Gasteiger partial charge in [0.25, 0.3) is 0 Å². The molecule has 9 nitrogen and oxygen atoms in total. The molecule has 1 heterocycles. The minimum absolute atomic E-state index is 0.0667. The normalized spacial score (nSPS) is 19.4. The van der Waals surface area contributed by atoms with E-state index in [1.165, 1.54) is 4.90 Å².